The maximum atomic E-state index is 13.6. The minimum atomic E-state index is -0.395. The van der Waals surface area contributed by atoms with Crippen molar-refractivity contribution >= 4 is 22.9 Å². The van der Waals surface area contributed by atoms with Crippen molar-refractivity contribution in [3.63, 3.8) is 0 Å². The molecule has 1 unspecified atom stereocenters. The monoisotopic (exact) mass is 293 g/mol. The minimum absolute atomic E-state index is 0.180. The van der Waals surface area contributed by atoms with E-state index in [1.165, 1.54) is 11.6 Å². The fourth-order valence-corrected chi connectivity index (χ4v) is 2.66. The van der Waals surface area contributed by atoms with E-state index < -0.39 is 5.82 Å². The van der Waals surface area contributed by atoms with Crippen LogP contribution in [0.2, 0.25) is 0 Å². The Balaban J connectivity index is 1.88. The summed E-state index contributed by atoms with van der Waals surface area (Å²) in [6.07, 6.45) is 0. The Kier molecular flexibility index (Phi) is 4.87. The number of halogens is 1. The summed E-state index contributed by atoms with van der Waals surface area (Å²) in [5.74, 6) is -0.575. The summed E-state index contributed by atoms with van der Waals surface area (Å²) >= 11 is 1.64. The van der Waals surface area contributed by atoms with E-state index >= 15 is 0 Å². The number of hydrogen-bond donors (Lipinski definition) is 2. The average molecular weight is 293 g/mol. The molecule has 1 aromatic heterocycles. The van der Waals surface area contributed by atoms with E-state index in [1.54, 1.807) is 23.5 Å². The predicted octanol–water partition coefficient (Wildman–Crippen LogP) is 1.85. The van der Waals surface area contributed by atoms with E-state index in [-0.39, 0.29) is 11.6 Å². The largest absolute Gasteiger partial charge is 0.326 e. The first-order valence-corrected chi connectivity index (χ1v) is 7.37. The Morgan fingerprint density at radius 3 is 2.85 bits per heavy atom. The third kappa shape index (κ3) is 4.15. The van der Waals surface area contributed by atoms with Gasteiger partial charge in [0.2, 0.25) is 0 Å². The van der Waals surface area contributed by atoms with Crippen molar-refractivity contribution in [3.05, 3.63) is 52.0 Å². The van der Waals surface area contributed by atoms with Crippen molar-refractivity contribution in [1.29, 1.82) is 0 Å². The van der Waals surface area contributed by atoms with Crippen molar-refractivity contribution < 1.29 is 14.1 Å². The van der Waals surface area contributed by atoms with Gasteiger partial charge in [-0.2, -0.15) is 11.3 Å². The smallest absolute Gasteiger partial charge is 0.279 e. The fourth-order valence-electron chi connectivity index (χ4n) is 1.99. The molecule has 0 saturated heterocycles. The van der Waals surface area contributed by atoms with Crippen molar-refractivity contribution in [2.24, 2.45) is 0 Å². The fraction of sp³-hybridized carbons (Fsp3) is 0.267. The predicted molar refractivity (Wildman–Crippen MR) is 79.5 cm³/mol. The lowest BCUT2D eigenvalue weighted by molar-refractivity contribution is -0.885. The molecule has 0 aliphatic carbocycles. The summed E-state index contributed by atoms with van der Waals surface area (Å²) in [6, 6.07) is 6.83. The summed E-state index contributed by atoms with van der Waals surface area (Å²) in [4.78, 5) is 13.0. The lowest BCUT2D eigenvalue weighted by Gasteiger charge is -2.13. The number of thiophene rings is 1. The van der Waals surface area contributed by atoms with E-state index in [0.717, 1.165) is 17.0 Å². The molecule has 20 heavy (non-hydrogen) atoms. The molecule has 0 aliphatic heterocycles. The molecule has 0 saturated carbocycles. The molecule has 2 aromatic rings. The van der Waals surface area contributed by atoms with Gasteiger partial charge in [0, 0.05) is 5.56 Å². The summed E-state index contributed by atoms with van der Waals surface area (Å²) in [5, 5.41) is 6.70. The number of benzene rings is 1. The van der Waals surface area contributed by atoms with Crippen LogP contribution in [0.5, 0.6) is 0 Å². The second kappa shape index (κ2) is 6.63. The summed E-state index contributed by atoms with van der Waals surface area (Å²) in [5.41, 5.74) is 2.28. The van der Waals surface area contributed by atoms with Crippen molar-refractivity contribution in [1.82, 2.24) is 0 Å². The Bertz CT molecular complexity index is 584. The number of carbonyl (C=O) groups excluding carboxylic acids is 1. The highest BCUT2D eigenvalue weighted by atomic mass is 32.1. The van der Waals surface area contributed by atoms with Crippen LogP contribution in [0.15, 0.2) is 35.0 Å². The molecule has 0 radical (unpaired) electrons. The Morgan fingerprint density at radius 2 is 2.20 bits per heavy atom. The third-order valence-corrected chi connectivity index (χ3v) is 3.68. The number of carbonyl (C=O) groups is 1. The van der Waals surface area contributed by atoms with Crippen LogP contribution in [0, 0.1) is 12.7 Å². The first-order valence-electron chi connectivity index (χ1n) is 6.43. The van der Waals surface area contributed by atoms with Crippen LogP contribution in [-0.4, -0.2) is 19.5 Å². The Labute approximate surface area is 122 Å². The van der Waals surface area contributed by atoms with Gasteiger partial charge in [-0.05, 0) is 41.4 Å². The molecule has 2 rings (SSSR count). The highest BCUT2D eigenvalue weighted by Crippen LogP contribution is 2.14. The number of likely N-dealkylation sites (N-methyl/N-ethyl adjacent to an activating group) is 1. The zero-order valence-corrected chi connectivity index (χ0v) is 12.4. The SMILES string of the molecule is Cc1ccc(NC(=O)C[NH+](C)Cc2ccsc2)c(F)c1. The van der Waals surface area contributed by atoms with Crippen molar-refractivity contribution in [2.45, 2.75) is 13.5 Å². The highest BCUT2D eigenvalue weighted by Gasteiger charge is 2.12. The van der Waals surface area contributed by atoms with Gasteiger partial charge in [0.1, 0.15) is 12.4 Å². The number of quaternary nitrogens is 1. The molecule has 0 fully saturated rings. The van der Waals surface area contributed by atoms with Crippen LogP contribution in [-0.2, 0) is 11.3 Å². The molecule has 1 atom stereocenters. The zero-order valence-electron chi connectivity index (χ0n) is 11.6. The van der Waals surface area contributed by atoms with E-state index in [0.29, 0.717) is 6.54 Å². The summed E-state index contributed by atoms with van der Waals surface area (Å²) in [7, 11) is 1.95. The first kappa shape index (κ1) is 14.7. The number of nitrogens with one attached hydrogen (secondary N) is 2. The quantitative estimate of drug-likeness (QED) is 0.867. The van der Waals surface area contributed by atoms with Gasteiger partial charge >= 0.3 is 0 Å². The van der Waals surface area contributed by atoms with Gasteiger partial charge in [-0.15, -0.1) is 0 Å². The highest BCUT2D eigenvalue weighted by molar-refractivity contribution is 7.07. The van der Waals surface area contributed by atoms with E-state index in [9.17, 15) is 9.18 Å². The second-order valence-corrected chi connectivity index (χ2v) is 5.75. The van der Waals surface area contributed by atoms with Crippen LogP contribution in [0.3, 0.4) is 0 Å². The zero-order chi connectivity index (χ0) is 14.5. The number of rotatable bonds is 5. The van der Waals surface area contributed by atoms with E-state index in [2.05, 4.69) is 10.7 Å². The van der Waals surface area contributed by atoms with Crippen LogP contribution in [0.1, 0.15) is 11.1 Å². The Morgan fingerprint density at radius 1 is 1.40 bits per heavy atom. The third-order valence-electron chi connectivity index (χ3n) is 2.95. The summed E-state index contributed by atoms with van der Waals surface area (Å²) in [6.45, 7) is 2.91. The molecule has 0 aliphatic rings. The van der Waals surface area contributed by atoms with Crippen molar-refractivity contribution in [3.8, 4) is 0 Å². The lowest BCUT2D eigenvalue weighted by atomic mass is 10.2. The van der Waals surface area contributed by atoms with Crippen LogP contribution in [0.4, 0.5) is 10.1 Å². The van der Waals surface area contributed by atoms with Gasteiger partial charge in [0.05, 0.1) is 12.7 Å². The van der Waals surface area contributed by atoms with Crippen LogP contribution in [0.25, 0.3) is 0 Å². The number of anilines is 1. The number of amides is 1. The maximum absolute atomic E-state index is 13.6. The maximum Gasteiger partial charge on any atom is 0.279 e. The van der Waals surface area contributed by atoms with Gasteiger partial charge in [-0.25, -0.2) is 4.39 Å². The van der Waals surface area contributed by atoms with E-state index in [1.807, 2.05) is 25.4 Å². The molecular weight excluding hydrogens is 275 g/mol. The van der Waals surface area contributed by atoms with Gasteiger partial charge in [-0.1, -0.05) is 6.07 Å². The molecule has 3 nitrogen and oxygen atoms in total. The molecule has 0 bridgehead atoms. The molecule has 2 N–H and O–H groups in total. The minimum Gasteiger partial charge on any atom is -0.326 e. The standard InChI is InChI=1S/C15H17FN2OS/c1-11-3-4-14(13(16)7-11)17-15(19)9-18(2)8-12-5-6-20-10-12/h3-7,10H,8-9H2,1-2H3,(H,17,19)/p+1. The van der Waals surface area contributed by atoms with E-state index in [4.69, 9.17) is 0 Å². The Hall–Kier alpha value is -1.72. The molecule has 5 heteroatoms. The van der Waals surface area contributed by atoms with Crippen molar-refractivity contribution in [2.75, 3.05) is 18.9 Å². The molecular formula is C15H18FN2OS+. The average Bonchev–Trinajstić information content (AvgIpc) is 2.85. The summed E-state index contributed by atoms with van der Waals surface area (Å²) < 4.78 is 13.6. The van der Waals surface area contributed by atoms with Gasteiger partial charge in [-0.3, -0.25) is 4.79 Å². The van der Waals surface area contributed by atoms with Gasteiger partial charge in [0.25, 0.3) is 5.91 Å². The van der Waals surface area contributed by atoms with Gasteiger partial charge < -0.3 is 10.2 Å². The lowest BCUT2D eigenvalue weighted by Crippen LogP contribution is -3.08. The molecule has 1 heterocycles. The van der Waals surface area contributed by atoms with Crippen LogP contribution < -0.4 is 10.2 Å². The second-order valence-electron chi connectivity index (χ2n) is 4.97. The number of aryl methyl sites for hydroxylation is 1. The first-order chi connectivity index (χ1) is 9.54. The molecule has 1 amide bonds. The normalized spacial score (nSPS) is 12.2. The molecule has 0 spiro atoms. The number of hydrogen-bond acceptors (Lipinski definition) is 2. The molecule has 1 aromatic carbocycles. The van der Waals surface area contributed by atoms with Crippen LogP contribution >= 0.6 is 11.3 Å². The van der Waals surface area contributed by atoms with Gasteiger partial charge in [0.15, 0.2) is 6.54 Å². The molecule has 106 valence electrons. The topological polar surface area (TPSA) is 33.5 Å².